The number of hydrogen-bond donors (Lipinski definition) is 1. The number of aromatic nitrogens is 1. The Labute approximate surface area is 57.9 Å². The molecular formula is C7H5FN2. The predicted molar refractivity (Wildman–Crippen MR) is 36.5 cm³/mol. The number of halogens is 1. The van der Waals surface area contributed by atoms with E-state index < -0.39 is 5.95 Å². The highest BCUT2D eigenvalue weighted by Gasteiger charge is 1.96. The second-order valence-electron chi connectivity index (χ2n) is 1.74. The zero-order chi connectivity index (χ0) is 7.56. The van der Waals surface area contributed by atoms with Crippen LogP contribution in [0.2, 0.25) is 0 Å². The number of nitrogens with two attached hydrogens (primary N) is 1. The fraction of sp³-hybridized carbons (Fsp3) is 0. The summed E-state index contributed by atoms with van der Waals surface area (Å²) in [5, 5.41) is 0. The van der Waals surface area contributed by atoms with Crippen molar-refractivity contribution in [3.05, 3.63) is 23.8 Å². The third-order valence-corrected chi connectivity index (χ3v) is 1.06. The fourth-order valence-electron chi connectivity index (χ4n) is 0.565. The molecule has 0 fully saturated rings. The van der Waals surface area contributed by atoms with Gasteiger partial charge in [0.1, 0.15) is 0 Å². The Balaban J connectivity index is 3.23. The zero-order valence-electron chi connectivity index (χ0n) is 5.13. The van der Waals surface area contributed by atoms with E-state index in [4.69, 9.17) is 12.2 Å². The van der Waals surface area contributed by atoms with Gasteiger partial charge in [0.15, 0.2) is 0 Å². The van der Waals surface area contributed by atoms with Gasteiger partial charge in [0.2, 0.25) is 5.95 Å². The second kappa shape index (κ2) is 2.36. The van der Waals surface area contributed by atoms with E-state index in [0.717, 1.165) is 6.07 Å². The van der Waals surface area contributed by atoms with Crippen LogP contribution in [0.5, 0.6) is 0 Å². The molecule has 0 amide bonds. The van der Waals surface area contributed by atoms with E-state index in [9.17, 15) is 4.39 Å². The van der Waals surface area contributed by atoms with Crippen LogP contribution in [0.3, 0.4) is 0 Å². The van der Waals surface area contributed by atoms with E-state index in [-0.39, 0.29) is 5.69 Å². The molecule has 3 heteroatoms. The molecule has 1 rings (SSSR count). The van der Waals surface area contributed by atoms with Gasteiger partial charge in [0.05, 0.1) is 11.3 Å². The highest BCUT2D eigenvalue weighted by Crippen LogP contribution is 2.08. The summed E-state index contributed by atoms with van der Waals surface area (Å²) in [4.78, 5) is 3.32. The molecule has 1 heterocycles. The Morgan fingerprint density at radius 3 is 2.90 bits per heavy atom. The number of terminal acetylenes is 1. The molecule has 0 aliphatic carbocycles. The van der Waals surface area contributed by atoms with Crippen LogP contribution in [0.4, 0.5) is 10.1 Å². The van der Waals surface area contributed by atoms with Gasteiger partial charge in [-0.25, -0.2) is 4.98 Å². The third kappa shape index (κ3) is 1.06. The molecule has 2 N–H and O–H groups in total. The first-order valence-electron chi connectivity index (χ1n) is 2.61. The van der Waals surface area contributed by atoms with Crippen molar-refractivity contribution in [3.63, 3.8) is 0 Å². The molecule has 1 aromatic rings. The van der Waals surface area contributed by atoms with E-state index in [2.05, 4.69) is 10.9 Å². The van der Waals surface area contributed by atoms with Gasteiger partial charge in [-0.3, -0.25) is 0 Å². The number of nitrogen functional groups attached to an aromatic ring is 1. The highest BCUT2D eigenvalue weighted by atomic mass is 19.1. The summed E-state index contributed by atoms with van der Waals surface area (Å²) >= 11 is 0. The molecule has 0 aliphatic heterocycles. The van der Waals surface area contributed by atoms with Crippen LogP contribution in [-0.2, 0) is 0 Å². The van der Waals surface area contributed by atoms with Crippen LogP contribution >= 0.6 is 0 Å². The van der Waals surface area contributed by atoms with Gasteiger partial charge < -0.3 is 5.73 Å². The van der Waals surface area contributed by atoms with Gasteiger partial charge in [-0.1, -0.05) is 5.92 Å². The molecule has 1 aromatic heterocycles. The average molecular weight is 136 g/mol. The minimum absolute atomic E-state index is 0.245. The third-order valence-electron chi connectivity index (χ3n) is 1.06. The van der Waals surface area contributed by atoms with Crippen LogP contribution in [0.15, 0.2) is 12.3 Å². The number of pyridine rings is 1. The smallest absolute Gasteiger partial charge is 0.214 e. The van der Waals surface area contributed by atoms with Gasteiger partial charge in [0, 0.05) is 12.3 Å². The van der Waals surface area contributed by atoms with Crippen LogP contribution in [0.1, 0.15) is 5.56 Å². The molecular weight excluding hydrogens is 131 g/mol. The Morgan fingerprint density at radius 1 is 1.70 bits per heavy atom. The molecule has 0 radical (unpaired) electrons. The van der Waals surface area contributed by atoms with Crippen molar-refractivity contribution in [2.45, 2.75) is 0 Å². The second-order valence-corrected chi connectivity index (χ2v) is 1.74. The maximum absolute atomic E-state index is 12.2. The quantitative estimate of drug-likeness (QED) is 0.423. The minimum atomic E-state index is -0.614. The number of rotatable bonds is 0. The van der Waals surface area contributed by atoms with Crippen molar-refractivity contribution >= 4 is 5.69 Å². The Kier molecular flexibility index (Phi) is 1.55. The lowest BCUT2D eigenvalue weighted by Gasteiger charge is -1.94. The molecule has 2 nitrogen and oxygen atoms in total. The molecule has 0 unspecified atom stereocenters. The summed E-state index contributed by atoms with van der Waals surface area (Å²) in [5.41, 5.74) is 5.97. The summed E-state index contributed by atoms with van der Waals surface area (Å²) in [6, 6.07) is 1.09. The number of anilines is 1. The molecule has 0 aromatic carbocycles. The van der Waals surface area contributed by atoms with Gasteiger partial charge in [0.25, 0.3) is 0 Å². The SMILES string of the molecule is C#Cc1cnc(F)cc1N. The lowest BCUT2D eigenvalue weighted by molar-refractivity contribution is 0.584. The highest BCUT2D eigenvalue weighted by molar-refractivity contribution is 5.53. The summed E-state index contributed by atoms with van der Waals surface area (Å²) in [6.45, 7) is 0. The van der Waals surface area contributed by atoms with Crippen molar-refractivity contribution in [1.29, 1.82) is 0 Å². The monoisotopic (exact) mass is 136 g/mol. The molecule has 0 saturated heterocycles. The normalized spacial score (nSPS) is 8.80. The minimum Gasteiger partial charge on any atom is -0.398 e. The topological polar surface area (TPSA) is 38.9 Å². The van der Waals surface area contributed by atoms with Crippen molar-refractivity contribution in [2.24, 2.45) is 0 Å². The Morgan fingerprint density at radius 2 is 2.40 bits per heavy atom. The molecule has 0 saturated carbocycles. The van der Waals surface area contributed by atoms with Crippen molar-refractivity contribution < 1.29 is 4.39 Å². The standard InChI is InChI=1S/C7H5FN2/c1-2-5-4-10-7(8)3-6(5)9/h1,3-4H,(H2,9,10). The molecule has 10 heavy (non-hydrogen) atoms. The van der Waals surface area contributed by atoms with Crippen LogP contribution in [-0.4, -0.2) is 4.98 Å². The summed E-state index contributed by atoms with van der Waals surface area (Å²) in [5.74, 6) is 1.65. The van der Waals surface area contributed by atoms with Crippen molar-refractivity contribution in [2.75, 3.05) is 5.73 Å². The zero-order valence-corrected chi connectivity index (χ0v) is 5.13. The average Bonchev–Trinajstić information content (AvgIpc) is 1.88. The van der Waals surface area contributed by atoms with Gasteiger partial charge in [-0.2, -0.15) is 4.39 Å². The van der Waals surface area contributed by atoms with Gasteiger partial charge >= 0.3 is 0 Å². The van der Waals surface area contributed by atoms with E-state index in [1.807, 2.05) is 0 Å². The number of hydrogen-bond acceptors (Lipinski definition) is 2. The summed E-state index contributed by atoms with van der Waals surface area (Å²) < 4.78 is 12.2. The van der Waals surface area contributed by atoms with Crippen molar-refractivity contribution in [1.82, 2.24) is 4.98 Å². The Hall–Kier alpha value is -1.56. The summed E-state index contributed by atoms with van der Waals surface area (Å²) in [7, 11) is 0. The lowest BCUT2D eigenvalue weighted by Crippen LogP contribution is -1.93. The molecule has 0 bridgehead atoms. The predicted octanol–water partition coefficient (Wildman–Crippen LogP) is 0.784. The molecule has 0 aliphatic rings. The van der Waals surface area contributed by atoms with E-state index in [1.54, 1.807) is 0 Å². The van der Waals surface area contributed by atoms with Gasteiger partial charge in [-0.05, 0) is 0 Å². The first-order valence-corrected chi connectivity index (χ1v) is 2.61. The summed E-state index contributed by atoms with van der Waals surface area (Å²) in [6.07, 6.45) is 6.24. The fourth-order valence-corrected chi connectivity index (χ4v) is 0.565. The van der Waals surface area contributed by atoms with E-state index in [1.165, 1.54) is 6.20 Å². The largest absolute Gasteiger partial charge is 0.398 e. The van der Waals surface area contributed by atoms with Crippen LogP contribution < -0.4 is 5.73 Å². The van der Waals surface area contributed by atoms with Crippen molar-refractivity contribution in [3.8, 4) is 12.3 Å². The number of nitrogens with zero attached hydrogens (tertiary/aromatic N) is 1. The van der Waals surface area contributed by atoms with Gasteiger partial charge in [-0.15, -0.1) is 6.42 Å². The Bertz CT molecular complexity index is 288. The maximum atomic E-state index is 12.2. The molecule has 50 valence electrons. The maximum Gasteiger partial charge on any atom is 0.214 e. The van der Waals surface area contributed by atoms with E-state index >= 15 is 0 Å². The first-order chi connectivity index (χ1) is 4.74. The molecule has 0 atom stereocenters. The first kappa shape index (κ1) is 6.56. The van der Waals surface area contributed by atoms with Crippen LogP contribution in [0, 0.1) is 18.3 Å². The lowest BCUT2D eigenvalue weighted by atomic mass is 10.2. The van der Waals surface area contributed by atoms with E-state index in [0.29, 0.717) is 5.56 Å². The molecule has 0 spiro atoms. The van der Waals surface area contributed by atoms with Crippen LogP contribution in [0.25, 0.3) is 0 Å².